The number of carboxylic acid groups (broad SMARTS) is 1. The number of benzene rings is 1. The van der Waals surface area contributed by atoms with Gasteiger partial charge < -0.3 is 15.3 Å². The largest absolute Gasteiger partial charge is 0.481 e. The van der Waals surface area contributed by atoms with Crippen molar-refractivity contribution < 1.29 is 19.1 Å². The van der Waals surface area contributed by atoms with Gasteiger partial charge in [0.05, 0.1) is 6.42 Å². The summed E-state index contributed by atoms with van der Waals surface area (Å²) in [5.41, 5.74) is 1.97. The summed E-state index contributed by atoms with van der Waals surface area (Å²) in [5.74, 6) is -1.01. The zero-order chi connectivity index (χ0) is 15.6. The number of likely N-dealkylation sites (tertiary alicyclic amines) is 1. The number of carboxylic acids is 1. The van der Waals surface area contributed by atoms with Crippen LogP contribution in [0, 0.1) is 25.6 Å². The molecule has 1 aromatic rings. The maximum atomic E-state index is 13.5. The van der Waals surface area contributed by atoms with Gasteiger partial charge >= 0.3 is 12.0 Å². The smallest absolute Gasteiger partial charge is 0.317 e. The summed E-state index contributed by atoms with van der Waals surface area (Å²) in [5, 5.41) is 11.4. The minimum absolute atomic E-state index is 0.0450. The first-order valence-corrected chi connectivity index (χ1v) is 6.87. The van der Waals surface area contributed by atoms with Crippen molar-refractivity contribution in [3.05, 3.63) is 34.6 Å². The molecule has 1 aliphatic rings. The van der Waals surface area contributed by atoms with Crippen LogP contribution in [-0.2, 0) is 11.3 Å². The van der Waals surface area contributed by atoms with Crippen molar-refractivity contribution in [3.8, 4) is 0 Å². The number of carbonyl (C=O) groups is 2. The topological polar surface area (TPSA) is 69.6 Å². The molecule has 5 nitrogen and oxygen atoms in total. The molecule has 21 heavy (non-hydrogen) atoms. The molecule has 6 heteroatoms. The van der Waals surface area contributed by atoms with Crippen molar-refractivity contribution in [2.24, 2.45) is 5.92 Å². The molecule has 1 aromatic carbocycles. The molecule has 0 atom stereocenters. The third-order valence-electron chi connectivity index (χ3n) is 3.65. The van der Waals surface area contributed by atoms with Crippen LogP contribution >= 0.6 is 0 Å². The number of urea groups is 1. The van der Waals surface area contributed by atoms with E-state index in [1.165, 1.54) is 0 Å². The Hall–Kier alpha value is -2.11. The molecule has 0 bridgehead atoms. The second-order valence-corrected chi connectivity index (χ2v) is 5.57. The molecule has 0 aromatic heterocycles. The summed E-state index contributed by atoms with van der Waals surface area (Å²) in [4.78, 5) is 24.0. The molecule has 1 saturated heterocycles. The number of nitrogens with zero attached hydrogens (tertiary/aromatic N) is 1. The lowest BCUT2D eigenvalue weighted by Gasteiger charge is -2.38. The van der Waals surface area contributed by atoms with Gasteiger partial charge in [-0.1, -0.05) is 12.1 Å². The summed E-state index contributed by atoms with van der Waals surface area (Å²) in [6.07, 6.45) is 0.0974. The molecule has 1 heterocycles. The van der Waals surface area contributed by atoms with E-state index in [1.807, 2.05) is 0 Å². The van der Waals surface area contributed by atoms with Gasteiger partial charge in [-0.15, -0.1) is 0 Å². The molecule has 0 saturated carbocycles. The zero-order valence-electron chi connectivity index (χ0n) is 12.1. The van der Waals surface area contributed by atoms with E-state index in [1.54, 1.807) is 30.9 Å². The van der Waals surface area contributed by atoms with Crippen LogP contribution in [0.15, 0.2) is 12.1 Å². The lowest BCUT2D eigenvalue weighted by molar-refractivity contribution is -0.139. The predicted molar refractivity (Wildman–Crippen MR) is 75.4 cm³/mol. The van der Waals surface area contributed by atoms with E-state index in [0.717, 1.165) is 5.56 Å². The Bertz CT molecular complexity index is 545. The van der Waals surface area contributed by atoms with Gasteiger partial charge in [-0.05, 0) is 30.5 Å². The molecule has 0 spiro atoms. The normalized spacial score (nSPS) is 14.7. The van der Waals surface area contributed by atoms with Crippen LogP contribution in [-0.4, -0.2) is 35.1 Å². The van der Waals surface area contributed by atoms with Crippen molar-refractivity contribution in [2.45, 2.75) is 26.8 Å². The van der Waals surface area contributed by atoms with Crippen LogP contribution in [0.2, 0.25) is 0 Å². The standard InChI is InChI=1S/C15H19FN2O3/c1-9-3-11(4-10(2)14(9)16)6-17-15(21)18-7-12(8-18)5-13(19)20/h3-4,12H,5-8H2,1-2H3,(H,17,21)(H,19,20). The van der Waals surface area contributed by atoms with Gasteiger partial charge in [0, 0.05) is 25.6 Å². The maximum Gasteiger partial charge on any atom is 0.317 e. The second kappa shape index (κ2) is 6.11. The highest BCUT2D eigenvalue weighted by molar-refractivity contribution is 5.75. The van der Waals surface area contributed by atoms with Gasteiger partial charge in [0.1, 0.15) is 5.82 Å². The summed E-state index contributed by atoms with van der Waals surface area (Å²) >= 11 is 0. The average Bonchev–Trinajstić information content (AvgIpc) is 2.36. The van der Waals surface area contributed by atoms with E-state index in [0.29, 0.717) is 30.8 Å². The minimum Gasteiger partial charge on any atom is -0.481 e. The van der Waals surface area contributed by atoms with Crippen molar-refractivity contribution in [3.63, 3.8) is 0 Å². The third kappa shape index (κ3) is 3.71. The van der Waals surface area contributed by atoms with Crippen LogP contribution in [0.5, 0.6) is 0 Å². The van der Waals surface area contributed by atoms with Crippen LogP contribution in [0.25, 0.3) is 0 Å². The number of nitrogens with one attached hydrogen (secondary N) is 1. The van der Waals surface area contributed by atoms with E-state index >= 15 is 0 Å². The molecule has 2 amide bonds. The predicted octanol–water partition coefficient (Wildman–Crippen LogP) is 2.06. The first-order chi connectivity index (χ1) is 9.86. The molecular formula is C15H19FN2O3. The molecule has 2 rings (SSSR count). The lowest BCUT2D eigenvalue weighted by atomic mass is 9.97. The Morgan fingerprint density at radius 1 is 1.33 bits per heavy atom. The van der Waals surface area contributed by atoms with E-state index in [4.69, 9.17) is 5.11 Å². The fourth-order valence-corrected chi connectivity index (χ4v) is 2.54. The molecule has 0 unspecified atom stereocenters. The molecule has 0 aliphatic carbocycles. The van der Waals surface area contributed by atoms with Crippen LogP contribution < -0.4 is 5.32 Å². The summed E-state index contributed by atoms with van der Waals surface area (Å²) < 4.78 is 13.5. The molecule has 1 aliphatic heterocycles. The second-order valence-electron chi connectivity index (χ2n) is 5.57. The number of hydrogen-bond donors (Lipinski definition) is 2. The third-order valence-corrected chi connectivity index (χ3v) is 3.65. The van der Waals surface area contributed by atoms with Crippen molar-refractivity contribution >= 4 is 12.0 Å². The molecule has 114 valence electrons. The number of hydrogen-bond acceptors (Lipinski definition) is 2. The van der Waals surface area contributed by atoms with Gasteiger partial charge in [0.15, 0.2) is 0 Å². The van der Waals surface area contributed by atoms with Gasteiger partial charge in [0.25, 0.3) is 0 Å². The first-order valence-electron chi connectivity index (χ1n) is 6.87. The van der Waals surface area contributed by atoms with E-state index in [-0.39, 0.29) is 24.2 Å². The highest BCUT2D eigenvalue weighted by atomic mass is 19.1. The highest BCUT2D eigenvalue weighted by Gasteiger charge is 2.31. The highest BCUT2D eigenvalue weighted by Crippen LogP contribution is 2.19. The number of aliphatic carboxylic acids is 1. The van der Waals surface area contributed by atoms with Gasteiger partial charge in [-0.2, -0.15) is 0 Å². The SMILES string of the molecule is Cc1cc(CNC(=O)N2CC(CC(=O)O)C2)cc(C)c1F. The van der Waals surface area contributed by atoms with Crippen molar-refractivity contribution in [2.75, 3.05) is 13.1 Å². The van der Waals surface area contributed by atoms with Crippen LogP contribution in [0.4, 0.5) is 9.18 Å². The van der Waals surface area contributed by atoms with Gasteiger partial charge in [-0.3, -0.25) is 4.79 Å². The lowest BCUT2D eigenvalue weighted by Crippen LogP contribution is -2.54. The minimum atomic E-state index is -0.836. The monoisotopic (exact) mass is 294 g/mol. The molecule has 0 radical (unpaired) electrons. The van der Waals surface area contributed by atoms with E-state index < -0.39 is 5.97 Å². The summed E-state index contributed by atoms with van der Waals surface area (Å²) in [6, 6.07) is 3.22. The van der Waals surface area contributed by atoms with Crippen LogP contribution in [0.1, 0.15) is 23.1 Å². The Labute approximate surface area is 122 Å². The van der Waals surface area contributed by atoms with Crippen molar-refractivity contribution in [1.82, 2.24) is 10.2 Å². The van der Waals surface area contributed by atoms with Crippen molar-refractivity contribution in [1.29, 1.82) is 0 Å². The fourth-order valence-electron chi connectivity index (χ4n) is 2.54. The fraction of sp³-hybridized carbons (Fsp3) is 0.467. The number of aryl methyl sites for hydroxylation is 2. The summed E-state index contributed by atoms with van der Waals surface area (Å²) in [7, 11) is 0. The maximum absolute atomic E-state index is 13.5. The molecule has 2 N–H and O–H groups in total. The Kier molecular flexibility index (Phi) is 4.45. The molecular weight excluding hydrogens is 275 g/mol. The number of carbonyl (C=O) groups excluding carboxylic acids is 1. The Morgan fingerprint density at radius 3 is 2.43 bits per heavy atom. The number of amides is 2. The van der Waals surface area contributed by atoms with E-state index in [2.05, 4.69) is 5.32 Å². The zero-order valence-corrected chi connectivity index (χ0v) is 12.1. The Balaban J connectivity index is 1.82. The number of rotatable bonds is 4. The number of halogens is 1. The first kappa shape index (κ1) is 15.3. The quantitative estimate of drug-likeness (QED) is 0.893. The average molecular weight is 294 g/mol. The summed E-state index contributed by atoms with van der Waals surface area (Å²) in [6.45, 7) is 4.67. The van der Waals surface area contributed by atoms with Gasteiger partial charge in [-0.25, -0.2) is 9.18 Å². The van der Waals surface area contributed by atoms with Gasteiger partial charge in [0.2, 0.25) is 0 Å². The Morgan fingerprint density at radius 2 is 1.90 bits per heavy atom. The molecule has 1 fully saturated rings. The van der Waals surface area contributed by atoms with Crippen LogP contribution in [0.3, 0.4) is 0 Å². The van der Waals surface area contributed by atoms with E-state index in [9.17, 15) is 14.0 Å².